The predicted octanol–water partition coefficient (Wildman–Crippen LogP) is 4.67. The molecule has 2 N–H and O–H groups in total. The zero-order valence-electron chi connectivity index (χ0n) is 24.8. The molecule has 3 aromatic carbocycles. The molecule has 7 nitrogen and oxygen atoms in total. The van der Waals surface area contributed by atoms with E-state index >= 15 is 0 Å². The third-order valence-electron chi connectivity index (χ3n) is 8.94. The van der Waals surface area contributed by atoms with Gasteiger partial charge in [0.1, 0.15) is 0 Å². The molecule has 1 aliphatic carbocycles. The van der Waals surface area contributed by atoms with Crippen molar-refractivity contribution in [3.05, 3.63) is 90.5 Å². The van der Waals surface area contributed by atoms with Crippen molar-refractivity contribution in [2.75, 3.05) is 13.1 Å². The molecule has 2 aliphatic rings. The van der Waals surface area contributed by atoms with E-state index in [-0.39, 0.29) is 16.3 Å². The summed E-state index contributed by atoms with van der Waals surface area (Å²) in [6.07, 6.45) is 7.93. The molecule has 0 aromatic heterocycles. The Hall–Kier alpha value is -3.27. The molecule has 3 aromatic rings. The summed E-state index contributed by atoms with van der Waals surface area (Å²) in [6.45, 7) is 7.41. The highest BCUT2D eigenvalue weighted by molar-refractivity contribution is 7.90. The first-order chi connectivity index (χ1) is 20.1. The van der Waals surface area contributed by atoms with Crippen LogP contribution in [0.1, 0.15) is 58.4 Å². The smallest absolute Gasteiger partial charge is 0.285 e. The molecule has 42 heavy (non-hydrogen) atoms. The van der Waals surface area contributed by atoms with Crippen LogP contribution in [0.3, 0.4) is 0 Å². The number of nitrogens with one attached hydrogen (secondary N) is 1. The molecule has 1 spiro atoms. The average Bonchev–Trinajstić information content (AvgIpc) is 3.65. The summed E-state index contributed by atoms with van der Waals surface area (Å²) in [5.41, 5.74) is 1.05. The van der Waals surface area contributed by atoms with Gasteiger partial charge in [-0.1, -0.05) is 99.5 Å². The Morgan fingerprint density at radius 3 is 2.10 bits per heavy atom. The topological polar surface area (TPSA) is 94.4 Å². The number of hydrogen-bond donors (Lipinski definition) is 2. The van der Waals surface area contributed by atoms with Crippen molar-refractivity contribution in [1.29, 1.82) is 0 Å². The zero-order chi connectivity index (χ0) is 29.8. The third kappa shape index (κ3) is 6.09. The summed E-state index contributed by atoms with van der Waals surface area (Å²) in [7, 11) is -7.05. The Labute approximate surface area is 251 Å². The summed E-state index contributed by atoms with van der Waals surface area (Å²) in [6, 6.07) is 27.0. The lowest BCUT2D eigenvalue weighted by atomic mass is 9.88. The number of sulfonamides is 1. The number of nitrogens with zero attached hydrogens (tertiary/aromatic N) is 3. The highest BCUT2D eigenvalue weighted by atomic mass is 32.2. The van der Waals surface area contributed by atoms with Gasteiger partial charge in [0.15, 0.2) is 0 Å². The van der Waals surface area contributed by atoms with Gasteiger partial charge in [-0.25, -0.2) is 5.01 Å². The summed E-state index contributed by atoms with van der Waals surface area (Å²) >= 11 is 0. The Balaban J connectivity index is 1.32. The lowest BCUT2D eigenvalue weighted by Gasteiger charge is -2.41. The number of hydrogen-bond acceptors (Lipinski definition) is 4. The average molecular weight is 603 g/mol. The van der Waals surface area contributed by atoms with Crippen LogP contribution in [0.25, 0.3) is 0 Å². The molecule has 0 amide bonds. The van der Waals surface area contributed by atoms with E-state index in [0.717, 1.165) is 35.2 Å². The van der Waals surface area contributed by atoms with E-state index in [2.05, 4.69) is 28.7 Å². The second-order valence-corrected chi connectivity index (χ2v) is 17.8. The van der Waals surface area contributed by atoms with Gasteiger partial charge in [-0.15, -0.1) is 4.40 Å². The second kappa shape index (κ2) is 12.1. The van der Waals surface area contributed by atoms with Gasteiger partial charge in [0.2, 0.25) is 5.96 Å². The van der Waals surface area contributed by atoms with E-state index in [9.17, 15) is 13.2 Å². The first-order valence-corrected chi connectivity index (χ1v) is 18.3. The van der Waals surface area contributed by atoms with Crippen LogP contribution in [-0.2, 0) is 16.4 Å². The maximum Gasteiger partial charge on any atom is 0.285 e. The van der Waals surface area contributed by atoms with Crippen molar-refractivity contribution in [2.45, 2.75) is 69.2 Å². The Morgan fingerprint density at radius 1 is 0.976 bits per heavy atom. The number of benzene rings is 3. The fourth-order valence-corrected chi connectivity index (χ4v) is 11.0. The van der Waals surface area contributed by atoms with Crippen molar-refractivity contribution in [3.63, 3.8) is 0 Å². The van der Waals surface area contributed by atoms with Gasteiger partial charge < -0.3 is 10.1 Å². The third-order valence-corrected chi connectivity index (χ3v) is 14.8. The van der Waals surface area contributed by atoms with E-state index in [1.54, 1.807) is 17.1 Å². The molecule has 1 heterocycles. The molecular formula is C33H42N4O3SSi. The first-order valence-electron chi connectivity index (χ1n) is 14.9. The van der Waals surface area contributed by atoms with Crippen LogP contribution in [0.4, 0.5) is 0 Å². The van der Waals surface area contributed by atoms with Gasteiger partial charge in [-0.05, 0) is 65.7 Å². The van der Waals surface area contributed by atoms with Gasteiger partial charge in [0.05, 0.1) is 11.4 Å². The second-order valence-electron chi connectivity index (χ2n) is 12.3. The first kappa shape index (κ1) is 30.2. The highest BCUT2D eigenvalue weighted by Gasteiger charge is 2.49. The fourth-order valence-electron chi connectivity index (χ4n) is 6.34. The van der Waals surface area contributed by atoms with Crippen molar-refractivity contribution in [3.8, 4) is 0 Å². The molecule has 9 heteroatoms. The van der Waals surface area contributed by atoms with Crippen molar-refractivity contribution >= 4 is 40.9 Å². The van der Waals surface area contributed by atoms with Crippen LogP contribution in [-0.4, -0.2) is 51.8 Å². The maximum atomic E-state index is 13.3. The lowest BCUT2D eigenvalue weighted by Crippen LogP contribution is -2.65. The minimum absolute atomic E-state index is 0.0331. The number of rotatable bonds is 9. The highest BCUT2D eigenvalue weighted by Crippen LogP contribution is 2.41. The molecule has 222 valence electrons. The molecule has 0 atom stereocenters. The van der Waals surface area contributed by atoms with Gasteiger partial charge >= 0.3 is 0 Å². The van der Waals surface area contributed by atoms with Gasteiger partial charge in [-0.3, -0.25) is 0 Å². The van der Waals surface area contributed by atoms with Crippen LogP contribution < -0.4 is 15.7 Å². The monoisotopic (exact) mass is 602 g/mol. The van der Waals surface area contributed by atoms with Crippen molar-refractivity contribution in [2.24, 2.45) is 14.9 Å². The van der Waals surface area contributed by atoms with E-state index < -0.39 is 23.4 Å². The molecule has 0 bridgehead atoms. The largest absolute Gasteiger partial charge is 0.424 e. The summed E-state index contributed by atoms with van der Waals surface area (Å²) in [5, 5.41) is 10.9. The molecule has 1 saturated carbocycles. The van der Waals surface area contributed by atoms with Gasteiger partial charge in [0.25, 0.3) is 18.3 Å². The van der Waals surface area contributed by atoms with Crippen LogP contribution in [0, 0.1) is 5.41 Å². The number of aryl methyl sites for hydroxylation is 1. The molecule has 0 saturated heterocycles. The van der Waals surface area contributed by atoms with Gasteiger partial charge in [-0.2, -0.15) is 13.5 Å². The molecule has 0 radical (unpaired) electrons. The van der Waals surface area contributed by atoms with Crippen LogP contribution >= 0.6 is 0 Å². The number of hydrazone groups is 1. The molecule has 1 fully saturated rings. The summed E-state index contributed by atoms with van der Waals surface area (Å²) in [5.74, 6) is 0.273. The van der Waals surface area contributed by atoms with Crippen molar-refractivity contribution < 1.29 is 13.2 Å². The molecule has 0 unspecified atom stereocenters. The standard InChI is InChI=1S/C33H42N4O3SSi/c1-4-34-31(37-26-33(25-35-37)22-11-12-23-33)36-41(38,39)28-19-17-27(18-20-28)21-24-32(2,3)42(40,29-13-7-5-8-14-29)30-15-9-6-10-16-30/h5-10,13-20,25,40H,4,11-12,21-24,26H2,1-3H3,(H,34,36). The normalized spacial score (nSPS) is 17.2. The number of guanidine groups is 1. The lowest BCUT2D eigenvalue weighted by molar-refractivity contribution is 0.340. The van der Waals surface area contributed by atoms with Crippen LogP contribution in [0.15, 0.2) is 99.3 Å². The summed E-state index contributed by atoms with van der Waals surface area (Å²) in [4.78, 5) is 12.6. The Kier molecular flexibility index (Phi) is 8.73. The fraction of sp³-hybridized carbons (Fsp3) is 0.394. The van der Waals surface area contributed by atoms with E-state index in [0.29, 0.717) is 19.5 Å². The molecule has 1 aliphatic heterocycles. The minimum atomic E-state index is -3.93. The Morgan fingerprint density at radius 2 is 1.55 bits per heavy atom. The van der Waals surface area contributed by atoms with E-state index in [1.165, 1.54) is 12.8 Å². The Bertz CT molecular complexity index is 1480. The SMILES string of the molecule is CCN/C(=N\S(=O)(=O)c1ccc(CCC(C)(C)[Si](O)(c2ccccc2)c2ccccc2)cc1)N1CC2(C=N1)CCCC2. The molecular weight excluding hydrogens is 561 g/mol. The van der Waals surface area contributed by atoms with Crippen LogP contribution in [0.2, 0.25) is 5.04 Å². The van der Waals surface area contributed by atoms with E-state index in [4.69, 9.17) is 0 Å². The quantitative estimate of drug-likeness (QED) is 0.211. The van der Waals surface area contributed by atoms with E-state index in [1.807, 2.05) is 85.9 Å². The maximum absolute atomic E-state index is 13.3. The van der Waals surface area contributed by atoms with Gasteiger partial charge in [0, 0.05) is 18.2 Å². The predicted molar refractivity (Wildman–Crippen MR) is 173 cm³/mol. The molecule has 5 rings (SSSR count). The van der Waals surface area contributed by atoms with Crippen LogP contribution in [0.5, 0.6) is 0 Å². The summed E-state index contributed by atoms with van der Waals surface area (Å²) < 4.78 is 30.8. The zero-order valence-corrected chi connectivity index (χ0v) is 26.6. The van der Waals surface area contributed by atoms with Crippen molar-refractivity contribution in [1.82, 2.24) is 10.3 Å². The minimum Gasteiger partial charge on any atom is -0.424 e.